The lowest BCUT2D eigenvalue weighted by Crippen LogP contribution is -2.17. The maximum absolute atomic E-state index is 12.1. The van der Waals surface area contributed by atoms with Gasteiger partial charge in [-0.3, -0.25) is 9.89 Å². The summed E-state index contributed by atoms with van der Waals surface area (Å²) in [6.07, 6.45) is 0.468. The predicted octanol–water partition coefficient (Wildman–Crippen LogP) is 2.56. The molecule has 1 aliphatic rings. The zero-order valence-electron chi connectivity index (χ0n) is 11.7. The van der Waals surface area contributed by atoms with Crippen LogP contribution in [0.1, 0.15) is 29.2 Å². The van der Waals surface area contributed by atoms with Gasteiger partial charge in [0.2, 0.25) is 5.91 Å². The second-order valence-corrected chi connectivity index (χ2v) is 5.24. The summed E-state index contributed by atoms with van der Waals surface area (Å²) in [5, 5.41) is 13.2. The van der Waals surface area contributed by atoms with Gasteiger partial charge in [0.1, 0.15) is 0 Å². The summed E-state index contributed by atoms with van der Waals surface area (Å²) in [6, 6.07) is 8.15. The standard InChI is InChI=1S/C15H18N4O/c1-9-10(2)18-19-15(9)17-14(20)7-11-8-16-13-6-4-3-5-12(11)13/h3-6,11,16H,7-8H2,1-2H3,(H2,17,18,19,20). The Morgan fingerprint density at radius 2 is 2.20 bits per heavy atom. The number of nitrogens with one attached hydrogen (secondary N) is 3. The lowest BCUT2D eigenvalue weighted by molar-refractivity contribution is -0.116. The van der Waals surface area contributed by atoms with E-state index in [4.69, 9.17) is 0 Å². The minimum atomic E-state index is 0.00287. The molecule has 1 aromatic carbocycles. The van der Waals surface area contributed by atoms with Crippen molar-refractivity contribution in [1.29, 1.82) is 0 Å². The summed E-state index contributed by atoms with van der Waals surface area (Å²) in [5.74, 6) is 0.862. The van der Waals surface area contributed by atoms with Crippen molar-refractivity contribution in [2.45, 2.75) is 26.2 Å². The summed E-state index contributed by atoms with van der Waals surface area (Å²) in [5.41, 5.74) is 4.33. The Bertz CT molecular complexity index is 647. The number of aromatic nitrogens is 2. The highest BCUT2D eigenvalue weighted by Crippen LogP contribution is 2.33. The van der Waals surface area contributed by atoms with Gasteiger partial charge in [-0.2, -0.15) is 5.10 Å². The third-order valence-corrected chi connectivity index (χ3v) is 3.88. The molecular formula is C15H18N4O. The predicted molar refractivity (Wildman–Crippen MR) is 79.0 cm³/mol. The van der Waals surface area contributed by atoms with Crippen molar-refractivity contribution in [1.82, 2.24) is 10.2 Å². The normalized spacial score (nSPS) is 16.6. The van der Waals surface area contributed by atoms with Crippen molar-refractivity contribution < 1.29 is 4.79 Å². The van der Waals surface area contributed by atoms with Crippen LogP contribution in [0.25, 0.3) is 0 Å². The molecule has 0 aliphatic carbocycles. The van der Waals surface area contributed by atoms with E-state index in [0.29, 0.717) is 12.2 Å². The molecule has 1 atom stereocenters. The van der Waals surface area contributed by atoms with Gasteiger partial charge in [0.05, 0.1) is 0 Å². The molecule has 0 saturated carbocycles. The summed E-state index contributed by atoms with van der Waals surface area (Å²) < 4.78 is 0. The fraction of sp³-hybridized carbons (Fsp3) is 0.333. The number of H-pyrrole nitrogens is 1. The third kappa shape index (κ3) is 2.27. The van der Waals surface area contributed by atoms with Crippen molar-refractivity contribution in [2.75, 3.05) is 17.2 Å². The first-order valence-electron chi connectivity index (χ1n) is 6.79. The first-order valence-corrected chi connectivity index (χ1v) is 6.79. The van der Waals surface area contributed by atoms with Gasteiger partial charge in [-0.15, -0.1) is 0 Å². The maximum atomic E-state index is 12.1. The number of carbonyl (C=O) groups excluding carboxylic acids is 1. The van der Waals surface area contributed by atoms with E-state index < -0.39 is 0 Å². The fourth-order valence-corrected chi connectivity index (χ4v) is 2.55. The smallest absolute Gasteiger partial charge is 0.226 e. The molecule has 0 bridgehead atoms. The van der Waals surface area contributed by atoms with Crippen LogP contribution in [-0.4, -0.2) is 22.6 Å². The number of nitrogens with zero attached hydrogens (tertiary/aromatic N) is 1. The number of carbonyl (C=O) groups is 1. The highest BCUT2D eigenvalue weighted by molar-refractivity contribution is 5.91. The highest BCUT2D eigenvalue weighted by Gasteiger charge is 2.24. The molecule has 20 heavy (non-hydrogen) atoms. The van der Waals surface area contributed by atoms with Gasteiger partial charge in [-0.1, -0.05) is 18.2 Å². The van der Waals surface area contributed by atoms with Gasteiger partial charge in [0, 0.05) is 35.8 Å². The molecule has 5 nitrogen and oxygen atoms in total. The largest absolute Gasteiger partial charge is 0.384 e. The van der Waals surface area contributed by atoms with Gasteiger partial charge < -0.3 is 10.6 Å². The van der Waals surface area contributed by atoms with Crippen molar-refractivity contribution in [3.05, 3.63) is 41.1 Å². The van der Waals surface area contributed by atoms with Crippen LogP contribution < -0.4 is 10.6 Å². The van der Waals surface area contributed by atoms with Gasteiger partial charge in [0.25, 0.3) is 0 Å². The summed E-state index contributed by atoms with van der Waals surface area (Å²) in [4.78, 5) is 12.1. The summed E-state index contributed by atoms with van der Waals surface area (Å²) in [6.45, 7) is 4.70. The molecule has 5 heteroatoms. The number of aryl methyl sites for hydroxylation is 1. The van der Waals surface area contributed by atoms with Crippen LogP contribution in [0.5, 0.6) is 0 Å². The zero-order valence-corrected chi connectivity index (χ0v) is 11.7. The van der Waals surface area contributed by atoms with Gasteiger partial charge in [0.15, 0.2) is 5.82 Å². The Balaban J connectivity index is 1.67. The molecule has 0 saturated heterocycles. The molecule has 1 amide bonds. The van der Waals surface area contributed by atoms with Crippen LogP contribution in [0.2, 0.25) is 0 Å². The van der Waals surface area contributed by atoms with Crippen LogP contribution in [0.15, 0.2) is 24.3 Å². The van der Waals surface area contributed by atoms with E-state index in [1.54, 1.807) is 0 Å². The van der Waals surface area contributed by atoms with Crippen LogP contribution >= 0.6 is 0 Å². The lowest BCUT2D eigenvalue weighted by atomic mass is 9.97. The molecule has 1 unspecified atom stereocenters. The van der Waals surface area contributed by atoms with E-state index in [9.17, 15) is 4.79 Å². The first kappa shape index (κ1) is 12.7. The Morgan fingerprint density at radius 1 is 1.40 bits per heavy atom. The topological polar surface area (TPSA) is 69.8 Å². The van der Waals surface area contributed by atoms with Crippen LogP contribution in [0, 0.1) is 13.8 Å². The van der Waals surface area contributed by atoms with Crippen LogP contribution in [0.3, 0.4) is 0 Å². The number of aromatic amines is 1. The molecule has 104 valence electrons. The van der Waals surface area contributed by atoms with E-state index in [1.807, 2.05) is 26.0 Å². The second kappa shape index (κ2) is 5.00. The van der Waals surface area contributed by atoms with E-state index in [-0.39, 0.29) is 11.8 Å². The average molecular weight is 270 g/mol. The van der Waals surface area contributed by atoms with Gasteiger partial charge in [-0.05, 0) is 25.5 Å². The first-order chi connectivity index (χ1) is 9.65. The quantitative estimate of drug-likeness (QED) is 0.802. The summed E-state index contributed by atoms with van der Waals surface area (Å²) in [7, 11) is 0. The van der Waals surface area contributed by atoms with E-state index >= 15 is 0 Å². The van der Waals surface area contributed by atoms with Crippen LogP contribution in [-0.2, 0) is 4.79 Å². The zero-order chi connectivity index (χ0) is 14.1. The number of anilines is 2. The monoisotopic (exact) mass is 270 g/mol. The molecule has 2 heterocycles. The third-order valence-electron chi connectivity index (χ3n) is 3.88. The Kier molecular flexibility index (Phi) is 3.18. The number of amides is 1. The maximum Gasteiger partial charge on any atom is 0.226 e. The second-order valence-electron chi connectivity index (χ2n) is 5.24. The number of hydrogen-bond donors (Lipinski definition) is 3. The van der Waals surface area contributed by atoms with Crippen LogP contribution in [0.4, 0.5) is 11.5 Å². The number of fused-ring (bicyclic) bond motifs is 1. The fourth-order valence-electron chi connectivity index (χ4n) is 2.55. The van der Waals surface area contributed by atoms with Gasteiger partial charge in [-0.25, -0.2) is 0 Å². The molecule has 0 radical (unpaired) electrons. The number of benzene rings is 1. The Morgan fingerprint density at radius 3 is 2.95 bits per heavy atom. The Hall–Kier alpha value is -2.30. The molecule has 0 fully saturated rings. The SMILES string of the molecule is Cc1[nH]nc(NC(=O)CC2CNc3ccccc32)c1C. The van der Waals surface area contributed by atoms with Gasteiger partial charge >= 0.3 is 0 Å². The van der Waals surface area contributed by atoms with Crippen molar-refractivity contribution >= 4 is 17.4 Å². The highest BCUT2D eigenvalue weighted by atomic mass is 16.1. The summed E-state index contributed by atoms with van der Waals surface area (Å²) >= 11 is 0. The molecule has 2 aromatic rings. The molecule has 0 spiro atoms. The molecule has 3 N–H and O–H groups in total. The van der Waals surface area contributed by atoms with E-state index in [2.05, 4.69) is 33.0 Å². The van der Waals surface area contributed by atoms with E-state index in [0.717, 1.165) is 23.5 Å². The number of hydrogen-bond acceptors (Lipinski definition) is 3. The lowest BCUT2D eigenvalue weighted by Gasteiger charge is -2.09. The van der Waals surface area contributed by atoms with Crippen molar-refractivity contribution in [3.63, 3.8) is 0 Å². The molecule has 3 rings (SSSR count). The van der Waals surface area contributed by atoms with E-state index in [1.165, 1.54) is 5.56 Å². The number of rotatable bonds is 3. The Labute approximate surface area is 117 Å². The minimum absolute atomic E-state index is 0.00287. The molecule has 1 aromatic heterocycles. The molecule has 1 aliphatic heterocycles. The molecular weight excluding hydrogens is 252 g/mol. The van der Waals surface area contributed by atoms with Crippen molar-refractivity contribution in [2.24, 2.45) is 0 Å². The minimum Gasteiger partial charge on any atom is -0.384 e. The van der Waals surface area contributed by atoms with Crippen molar-refractivity contribution in [3.8, 4) is 0 Å². The average Bonchev–Trinajstić information content (AvgIpc) is 2.98. The number of para-hydroxylation sites is 1.